The van der Waals surface area contributed by atoms with Crippen LogP contribution in [0.3, 0.4) is 0 Å². The van der Waals surface area contributed by atoms with Crippen LogP contribution in [0.25, 0.3) is 10.8 Å². The average Bonchev–Trinajstić information content (AvgIpc) is 4.06. The van der Waals surface area contributed by atoms with Crippen LogP contribution in [-0.4, -0.2) is 91.3 Å². The molecule has 3 fully saturated rings. The second kappa shape index (κ2) is 17.0. The summed E-state index contributed by atoms with van der Waals surface area (Å²) in [4.78, 5) is 62.9. The second-order valence-corrected chi connectivity index (χ2v) is 20.2. The molecule has 61 heavy (non-hydrogen) atoms. The number of halogens is 4. The maximum Gasteiger partial charge on any atom is 0.427 e. The smallest absolute Gasteiger partial charge is 0.427 e. The van der Waals surface area contributed by atoms with E-state index in [9.17, 15) is 36.0 Å². The van der Waals surface area contributed by atoms with Gasteiger partial charge < -0.3 is 23.8 Å². The highest BCUT2D eigenvalue weighted by molar-refractivity contribution is 7.91. The van der Waals surface area contributed by atoms with Crippen molar-refractivity contribution in [2.24, 2.45) is 29.1 Å². The molecule has 1 aromatic carbocycles. The molecule has 336 valence electrons. The Labute approximate surface area is 353 Å². The zero-order valence-corrected chi connectivity index (χ0v) is 36.3. The molecule has 13 nitrogen and oxygen atoms in total. The van der Waals surface area contributed by atoms with E-state index in [-0.39, 0.29) is 48.2 Å². The number of hydrogen-bond donors (Lipinski definition) is 1. The normalized spacial score (nSPS) is 28.7. The second-order valence-electron chi connectivity index (χ2n) is 18.0. The van der Waals surface area contributed by atoms with Crippen molar-refractivity contribution >= 4 is 44.4 Å². The monoisotopic (exact) mass is 881 g/mol. The minimum atomic E-state index is -4.90. The number of rotatable bonds is 11. The van der Waals surface area contributed by atoms with Gasteiger partial charge in [0.25, 0.3) is 0 Å². The van der Waals surface area contributed by atoms with Gasteiger partial charge in [0.1, 0.15) is 6.10 Å². The van der Waals surface area contributed by atoms with Crippen LogP contribution >= 0.6 is 0 Å². The number of carbonyl (C=O) groups is 4. The molecule has 18 heteroatoms. The molecule has 1 saturated heterocycles. The van der Waals surface area contributed by atoms with Crippen LogP contribution in [0, 0.1) is 34.9 Å². The Kier molecular flexibility index (Phi) is 12.8. The predicted molar refractivity (Wildman–Crippen MR) is 214 cm³/mol. The first-order valence-electron chi connectivity index (χ1n) is 20.7. The van der Waals surface area contributed by atoms with E-state index in [0.29, 0.717) is 43.9 Å². The van der Waals surface area contributed by atoms with Crippen molar-refractivity contribution in [2.45, 2.75) is 127 Å². The van der Waals surface area contributed by atoms with E-state index in [1.165, 1.54) is 25.2 Å². The third kappa shape index (κ3) is 9.48. The highest BCUT2D eigenvalue weighted by Crippen LogP contribution is 2.58. The SMILES string of the molecule is CC[C@@H]1C[C@H](C)CC/C=C\[C@@H]2C[C@@]2(C(=O)NS(=O)(=O)C2(C)CC2)CC(=O)[C@@H]2C[C@@H](Oc3nc(OC)cc4cc(OC)c(F)cc34)CN2C(=O)[C@H]1CC(=O)OC(C)(C)C(F)(F)F. The molecule has 1 N–H and O–H groups in total. The van der Waals surface area contributed by atoms with Crippen molar-refractivity contribution in [1.82, 2.24) is 14.6 Å². The van der Waals surface area contributed by atoms with E-state index in [2.05, 4.69) is 9.71 Å². The van der Waals surface area contributed by atoms with Crippen molar-refractivity contribution in [2.75, 3.05) is 20.8 Å². The Hall–Kier alpha value is -4.48. The largest absolute Gasteiger partial charge is 0.494 e. The summed E-state index contributed by atoms with van der Waals surface area (Å²) in [5.41, 5.74) is -4.29. The van der Waals surface area contributed by atoms with Gasteiger partial charge >= 0.3 is 12.1 Å². The van der Waals surface area contributed by atoms with Crippen LogP contribution in [0.1, 0.15) is 98.8 Å². The molecule has 2 aliphatic carbocycles. The summed E-state index contributed by atoms with van der Waals surface area (Å²) in [5, 5.41) is 0.666. The number of ketones is 1. The van der Waals surface area contributed by atoms with E-state index in [4.69, 9.17) is 18.9 Å². The quantitative estimate of drug-likeness (QED) is 0.140. The number of pyridine rings is 1. The molecule has 1 aromatic heterocycles. The van der Waals surface area contributed by atoms with Crippen LogP contribution in [-0.2, 0) is 33.9 Å². The van der Waals surface area contributed by atoms with Gasteiger partial charge in [-0.25, -0.2) is 12.8 Å². The first-order chi connectivity index (χ1) is 28.5. The van der Waals surface area contributed by atoms with Gasteiger partial charge in [0.2, 0.25) is 39.2 Å². The molecule has 2 amide bonds. The standard InChI is InChI=1S/C43H55F4N3O10S/c1-8-25-15-24(2)11-9-10-12-27-21-42(27,39(54)49-61(55,56)41(5)13-14-41)22-33(51)32-18-28(23-50(32)38(53)30(25)20-36(52)60-40(3,4)43(45,46)47)59-37-29-19-31(44)34(57-6)16-26(29)17-35(48-37)58-7/h10,12,16-17,19,24-25,27-28,30,32H,8-9,11,13-15,18,20-23H2,1-7H3,(H,49,54)/b12-10-/t24-,25-,27-,28-,30+,32+,42-/m1/s1. The topological polar surface area (TPSA) is 168 Å². The van der Waals surface area contributed by atoms with Crippen LogP contribution in [0.15, 0.2) is 30.4 Å². The molecule has 6 rings (SSSR count). The van der Waals surface area contributed by atoms with Crippen LogP contribution in [0.4, 0.5) is 17.6 Å². The number of amides is 2. The van der Waals surface area contributed by atoms with Gasteiger partial charge in [-0.05, 0) is 94.6 Å². The first-order valence-corrected chi connectivity index (χ1v) is 22.2. The summed E-state index contributed by atoms with van der Waals surface area (Å²) in [6.07, 6.45) is -0.523. The van der Waals surface area contributed by atoms with Gasteiger partial charge in [0, 0.05) is 24.3 Å². The third-order valence-corrected chi connectivity index (χ3v) is 15.3. The minimum absolute atomic E-state index is 0.0205. The highest BCUT2D eigenvalue weighted by Gasteiger charge is 2.63. The van der Waals surface area contributed by atoms with Crippen molar-refractivity contribution in [3.63, 3.8) is 0 Å². The Morgan fingerprint density at radius 2 is 1.77 bits per heavy atom. The molecular formula is C43H55F4N3O10S. The molecular weight excluding hydrogens is 827 g/mol. The summed E-state index contributed by atoms with van der Waals surface area (Å²) in [5.74, 6) is -6.29. The van der Waals surface area contributed by atoms with Gasteiger partial charge in [-0.1, -0.05) is 32.4 Å². The average molecular weight is 882 g/mol. The number of ether oxygens (including phenoxy) is 4. The number of aromatic nitrogens is 1. The zero-order valence-electron chi connectivity index (χ0n) is 35.5. The number of carbonyl (C=O) groups excluding carboxylic acids is 4. The Morgan fingerprint density at radius 1 is 1.07 bits per heavy atom. The van der Waals surface area contributed by atoms with Gasteiger partial charge in [-0.15, -0.1) is 0 Å². The number of fused-ring (bicyclic) bond motifs is 3. The number of allylic oxidation sites excluding steroid dienone is 2. The van der Waals surface area contributed by atoms with Crippen molar-refractivity contribution in [3.05, 3.63) is 36.2 Å². The molecule has 0 spiro atoms. The Bertz CT molecular complexity index is 2190. The van der Waals surface area contributed by atoms with E-state index >= 15 is 9.18 Å². The number of Topliss-reactive ketones (excluding diaryl/α,β-unsaturated/α-hetero) is 1. The number of esters is 1. The van der Waals surface area contributed by atoms with Crippen molar-refractivity contribution in [1.29, 1.82) is 0 Å². The maximum absolute atomic E-state index is 15.1. The number of benzene rings is 1. The van der Waals surface area contributed by atoms with Crippen molar-refractivity contribution in [3.8, 4) is 17.5 Å². The zero-order chi connectivity index (χ0) is 44.9. The fraction of sp³-hybridized carbons (Fsp3) is 0.651. The van der Waals surface area contributed by atoms with E-state index in [1.54, 1.807) is 13.0 Å². The van der Waals surface area contributed by atoms with Gasteiger partial charge in [-0.3, -0.25) is 23.9 Å². The lowest BCUT2D eigenvalue weighted by molar-refractivity contribution is -0.257. The van der Waals surface area contributed by atoms with Crippen LogP contribution < -0.4 is 18.9 Å². The molecule has 0 unspecified atom stereocenters. The summed E-state index contributed by atoms with van der Waals surface area (Å²) < 4.78 is 106. The lowest BCUT2D eigenvalue weighted by Crippen LogP contribution is -2.49. The van der Waals surface area contributed by atoms with Gasteiger partial charge in [0.15, 0.2) is 17.3 Å². The fourth-order valence-corrected chi connectivity index (χ4v) is 9.95. The summed E-state index contributed by atoms with van der Waals surface area (Å²) >= 11 is 0. The van der Waals surface area contributed by atoms with Crippen molar-refractivity contribution < 1.29 is 64.1 Å². The summed E-state index contributed by atoms with van der Waals surface area (Å²) in [6, 6.07) is 2.86. The number of nitrogens with zero attached hydrogens (tertiary/aromatic N) is 2. The van der Waals surface area contributed by atoms with E-state index < -0.39 is 104 Å². The number of sulfonamides is 1. The Balaban J connectivity index is 1.40. The molecule has 7 atom stereocenters. The van der Waals surface area contributed by atoms with Crippen LogP contribution in [0.2, 0.25) is 0 Å². The lowest BCUT2D eigenvalue weighted by Gasteiger charge is -2.34. The third-order valence-electron chi connectivity index (χ3n) is 13.1. The predicted octanol–water partition coefficient (Wildman–Crippen LogP) is 7.00. The van der Waals surface area contributed by atoms with Gasteiger partial charge in [0.05, 0.1) is 49.3 Å². The number of methoxy groups -OCH3 is 2. The molecule has 2 saturated carbocycles. The van der Waals surface area contributed by atoms with Gasteiger partial charge in [-0.2, -0.15) is 18.2 Å². The first kappa shape index (κ1) is 46.0. The van der Waals surface area contributed by atoms with E-state index in [0.717, 1.165) is 19.9 Å². The molecule has 3 heterocycles. The molecule has 0 bridgehead atoms. The van der Waals surface area contributed by atoms with E-state index in [1.807, 2.05) is 26.0 Å². The molecule has 2 aliphatic heterocycles. The minimum Gasteiger partial charge on any atom is -0.494 e. The lowest BCUT2D eigenvalue weighted by atomic mass is 9.79. The number of nitrogens with one attached hydrogen (secondary N) is 1. The molecule has 0 radical (unpaired) electrons. The highest BCUT2D eigenvalue weighted by atomic mass is 32.2. The summed E-state index contributed by atoms with van der Waals surface area (Å²) in [7, 11) is -1.39. The number of hydrogen-bond acceptors (Lipinski definition) is 11. The maximum atomic E-state index is 15.1. The van der Waals surface area contributed by atoms with Crippen LogP contribution in [0.5, 0.6) is 17.5 Å². The number of alkyl halides is 3. The fourth-order valence-electron chi connectivity index (χ4n) is 8.61. The molecule has 2 aromatic rings. The molecule has 4 aliphatic rings. The summed E-state index contributed by atoms with van der Waals surface area (Å²) in [6.45, 7) is 6.51. The Morgan fingerprint density at radius 3 is 2.39 bits per heavy atom.